The molecular formula is C30H40N2OS. The maximum absolute atomic E-state index is 10.3. The van der Waals surface area contributed by atoms with Crippen molar-refractivity contribution in [2.24, 2.45) is 23.2 Å². The third kappa shape index (κ3) is 3.51. The topological polar surface area (TPSA) is 45.2 Å². The van der Waals surface area contributed by atoms with Gasteiger partial charge in [0.05, 0.1) is 11.8 Å². The van der Waals surface area contributed by atoms with Crippen LogP contribution in [0.3, 0.4) is 0 Å². The van der Waals surface area contributed by atoms with Crippen LogP contribution in [-0.2, 0) is 18.4 Å². The number of nitrogens with zero attached hydrogens (tertiary/aromatic N) is 1. The standard InChI is InChI=1S/C30H40N2OS/c1-18(2)20-7-5-19(6-8-20)17-31-28-32-27-26(34-28)16-25-23-10-9-21-15-22(33)11-13-29(21,3)24(23)12-14-30(25,27)4/h5-9,18,22-25,33H,10-17H2,1-4H3,(H,31,32)/t22-,23+,24-,25-,29-,30-/m0/s1. The molecule has 182 valence electrons. The number of allylic oxidation sites excluding steroid dienone is 1. The third-order valence-electron chi connectivity index (χ3n) is 10.2. The second-order valence-electron chi connectivity index (χ2n) is 12.4. The van der Waals surface area contributed by atoms with Crippen molar-refractivity contribution in [1.82, 2.24) is 4.98 Å². The number of benzene rings is 1. The number of aromatic nitrogens is 1. The number of aliphatic hydroxyl groups excluding tert-OH is 1. The van der Waals surface area contributed by atoms with Crippen LogP contribution in [-0.4, -0.2) is 16.2 Å². The van der Waals surface area contributed by atoms with Crippen LogP contribution >= 0.6 is 11.3 Å². The van der Waals surface area contributed by atoms with E-state index in [-0.39, 0.29) is 11.5 Å². The van der Waals surface area contributed by atoms with Crippen molar-refractivity contribution >= 4 is 16.5 Å². The SMILES string of the molecule is CC(C)c1ccc(CNc2nc3c(s2)C[C@H]2[C@@H]4CC=C5C[C@@H](O)CC[C@]5(C)[C@H]4CC[C@]32C)cc1. The van der Waals surface area contributed by atoms with Gasteiger partial charge in [-0.25, -0.2) is 4.98 Å². The lowest BCUT2D eigenvalue weighted by atomic mass is 9.48. The van der Waals surface area contributed by atoms with Gasteiger partial charge in [-0.05, 0) is 85.2 Å². The lowest BCUT2D eigenvalue weighted by Gasteiger charge is -2.57. The molecule has 1 heterocycles. The van der Waals surface area contributed by atoms with Crippen LogP contribution in [0.2, 0.25) is 0 Å². The molecule has 6 atom stereocenters. The molecule has 2 saturated carbocycles. The number of rotatable bonds is 4. The summed E-state index contributed by atoms with van der Waals surface area (Å²) in [6, 6.07) is 9.01. The Morgan fingerprint density at radius 1 is 1.06 bits per heavy atom. The second kappa shape index (κ2) is 8.20. The van der Waals surface area contributed by atoms with Crippen molar-refractivity contribution in [1.29, 1.82) is 0 Å². The Balaban J connectivity index is 1.18. The Bertz CT molecular complexity index is 1100. The number of aliphatic hydroxyl groups is 1. The maximum atomic E-state index is 10.3. The van der Waals surface area contributed by atoms with Crippen LogP contribution in [0.1, 0.15) is 93.8 Å². The van der Waals surface area contributed by atoms with Crippen molar-refractivity contribution in [3.63, 3.8) is 0 Å². The minimum atomic E-state index is -0.119. The first-order valence-corrected chi connectivity index (χ1v) is 14.3. The Morgan fingerprint density at radius 2 is 1.82 bits per heavy atom. The number of anilines is 1. The molecule has 1 aromatic heterocycles. The number of fused-ring (bicyclic) bond motifs is 7. The number of hydrogen-bond acceptors (Lipinski definition) is 4. The molecule has 0 aliphatic heterocycles. The predicted molar refractivity (Wildman–Crippen MR) is 141 cm³/mol. The van der Waals surface area contributed by atoms with E-state index in [2.05, 4.69) is 63.4 Å². The quantitative estimate of drug-likeness (QED) is 0.458. The molecule has 4 heteroatoms. The smallest absolute Gasteiger partial charge is 0.183 e. The van der Waals surface area contributed by atoms with Gasteiger partial charge in [-0.15, -0.1) is 11.3 Å². The van der Waals surface area contributed by atoms with E-state index in [1.165, 1.54) is 47.4 Å². The highest BCUT2D eigenvalue weighted by Gasteiger charge is 2.58. The third-order valence-corrected chi connectivity index (χ3v) is 11.2. The van der Waals surface area contributed by atoms with Gasteiger partial charge in [0.1, 0.15) is 0 Å². The summed E-state index contributed by atoms with van der Waals surface area (Å²) in [6.07, 6.45) is 10.4. The summed E-state index contributed by atoms with van der Waals surface area (Å²) < 4.78 is 0. The molecule has 1 aromatic carbocycles. The van der Waals surface area contributed by atoms with Crippen molar-refractivity contribution in [3.05, 3.63) is 57.6 Å². The predicted octanol–water partition coefficient (Wildman–Crippen LogP) is 7.22. The molecule has 0 radical (unpaired) electrons. The molecule has 2 N–H and O–H groups in total. The number of thiazole rings is 1. The second-order valence-corrected chi connectivity index (χ2v) is 13.4. The Labute approximate surface area is 209 Å². The van der Waals surface area contributed by atoms with Crippen molar-refractivity contribution < 1.29 is 5.11 Å². The van der Waals surface area contributed by atoms with Crippen LogP contribution < -0.4 is 5.32 Å². The molecular weight excluding hydrogens is 436 g/mol. The highest BCUT2D eigenvalue weighted by Crippen LogP contribution is 2.64. The van der Waals surface area contributed by atoms with Crippen LogP contribution in [0.4, 0.5) is 5.13 Å². The zero-order chi connectivity index (χ0) is 23.7. The van der Waals surface area contributed by atoms with Gasteiger partial charge in [0, 0.05) is 16.8 Å². The fraction of sp³-hybridized carbons (Fsp3) is 0.633. The molecule has 4 aliphatic carbocycles. The van der Waals surface area contributed by atoms with Gasteiger partial charge in [-0.2, -0.15) is 0 Å². The molecule has 0 bridgehead atoms. The average Bonchev–Trinajstić information content (AvgIpc) is 3.35. The van der Waals surface area contributed by atoms with Gasteiger partial charge >= 0.3 is 0 Å². The normalized spacial score (nSPS) is 36.4. The van der Waals surface area contributed by atoms with Gasteiger partial charge in [0.2, 0.25) is 0 Å². The van der Waals surface area contributed by atoms with Crippen molar-refractivity contribution in [2.75, 3.05) is 5.32 Å². The minimum Gasteiger partial charge on any atom is -0.393 e. The largest absolute Gasteiger partial charge is 0.393 e. The molecule has 2 aromatic rings. The van der Waals surface area contributed by atoms with Crippen LogP contribution in [0.5, 0.6) is 0 Å². The zero-order valence-electron chi connectivity index (χ0n) is 21.2. The molecule has 0 unspecified atom stereocenters. The molecule has 3 nitrogen and oxygen atoms in total. The lowest BCUT2D eigenvalue weighted by Crippen LogP contribution is -2.51. The van der Waals surface area contributed by atoms with Crippen LogP contribution in [0.15, 0.2) is 35.9 Å². The Kier molecular flexibility index (Phi) is 5.50. The molecule has 0 spiro atoms. The fourth-order valence-corrected chi connectivity index (χ4v) is 9.20. The highest BCUT2D eigenvalue weighted by atomic mass is 32.1. The van der Waals surface area contributed by atoms with E-state index in [0.717, 1.165) is 48.7 Å². The lowest BCUT2D eigenvalue weighted by molar-refractivity contribution is -0.0169. The zero-order valence-corrected chi connectivity index (χ0v) is 22.0. The van der Waals surface area contributed by atoms with Gasteiger partial charge in [0.15, 0.2) is 5.13 Å². The average molecular weight is 477 g/mol. The first kappa shape index (κ1) is 22.8. The summed E-state index contributed by atoms with van der Waals surface area (Å²) in [5.74, 6) is 2.84. The van der Waals surface area contributed by atoms with Gasteiger partial charge in [-0.3, -0.25) is 0 Å². The summed E-state index contributed by atoms with van der Waals surface area (Å²) in [5, 5.41) is 15.0. The number of nitrogens with one attached hydrogen (secondary N) is 1. The van der Waals surface area contributed by atoms with E-state index >= 15 is 0 Å². The fourth-order valence-electron chi connectivity index (χ4n) is 8.04. The van der Waals surface area contributed by atoms with Gasteiger partial charge in [-0.1, -0.05) is 63.6 Å². The molecule has 6 rings (SSSR count). The first-order valence-electron chi connectivity index (χ1n) is 13.5. The first-order chi connectivity index (χ1) is 16.3. The molecule has 4 aliphatic rings. The van der Waals surface area contributed by atoms with E-state index < -0.39 is 0 Å². The molecule has 2 fully saturated rings. The molecule has 0 saturated heterocycles. The van der Waals surface area contributed by atoms with E-state index in [1.807, 2.05) is 11.3 Å². The number of hydrogen-bond donors (Lipinski definition) is 2. The Morgan fingerprint density at radius 3 is 2.59 bits per heavy atom. The van der Waals surface area contributed by atoms with Crippen LogP contribution in [0.25, 0.3) is 0 Å². The summed E-state index contributed by atoms with van der Waals surface area (Å²) >= 11 is 1.90. The maximum Gasteiger partial charge on any atom is 0.183 e. The minimum absolute atomic E-state index is 0.119. The highest BCUT2D eigenvalue weighted by molar-refractivity contribution is 7.15. The summed E-state index contributed by atoms with van der Waals surface area (Å²) in [5.41, 5.74) is 6.22. The Hall–Kier alpha value is -1.65. The molecule has 0 amide bonds. The van der Waals surface area contributed by atoms with Gasteiger partial charge < -0.3 is 10.4 Å². The monoisotopic (exact) mass is 476 g/mol. The van der Waals surface area contributed by atoms with Crippen molar-refractivity contribution in [3.8, 4) is 0 Å². The van der Waals surface area contributed by atoms with Gasteiger partial charge in [0.25, 0.3) is 0 Å². The summed E-state index contributed by atoms with van der Waals surface area (Å²) in [6.45, 7) is 10.4. The van der Waals surface area contributed by atoms with Crippen molar-refractivity contribution in [2.45, 2.75) is 96.6 Å². The van der Waals surface area contributed by atoms with E-state index in [4.69, 9.17) is 4.98 Å². The summed E-state index contributed by atoms with van der Waals surface area (Å²) in [4.78, 5) is 6.75. The van der Waals surface area contributed by atoms with E-state index in [0.29, 0.717) is 11.3 Å². The van der Waals surface area contributed by atoms with E-state index in [9.17, 15) is 5.11 Å². The van der Waals surface area contributed by atoms with Crippen LogP contribution in [0, 0.1) is 23.2 Å². The molecule has 34 heavy (non-hydrogen) atoms. The summed E-state index contributed by atoms with van der Waals surface area (Å²) in [7, 11) is 0. The van der Waals surface area contributed by atoms with E-state index in [1.54, 1.807) is 5.57 Å².